The molecule has 1 aliphatic heterocycles. The van der Waals surface area contributed by atoms with Crippen molar-refractivity contribution in [3.05, 3.63) is 45.5 Å². The molecule has 1 aliphatic rings. The number of halogens is 3. The number of carbonyl (C=O) groups is 1. The third-order valence-electron chi connectivity index (χ3n) is 3.84. The molecule has 1 amide bonds. The molecular weight excluding hydrogens is 442 g/mol. The van der Waals surface area contributed by atoms with E-state index in [2.05, 4.69) is 40.4 Å². The first-order chi connectivity index (χ1) is 14.3. The minimum atomic E-state index is -3.73. The highest BCUT2D eigenvalue weighted by atomic mass is 35.5. The lowest BCUT2D eigenvalue weighted by Crippen LogP contribution is -2.25. The number of thiazole rings is 1. The average molecular weight is 455 g/mol. The van der Waals surface area contributed by atoms with Gasteiger partial charge in [-0.25, -0.2) is 15.0 Å². The van der Waals surface area contributed by atoms with Gasteiger partial charge in [-0.1, -0.05) is 11.6 Å². The number of nitrogens with zero attached hydrogens (tertiary/aromatic N) is 3. The van der Waals surface area contributed by atoms with E-state index in [1.807, 2.05) is 0 Å². The molecule has 156 valence electrons. The van der Waals surface area contributed by atoms with E-state index in [9.17, 15) is 13.6 Å². The summed E-state index contributed by atoms with van der Waals surface area (Å²) in [5.41, 5.74) is 2.36. The van der Waals surface area contributed by atoms with Gasteiger partial charge in [0.1, 0.15) is 15.8 Å². The van der Waals surface area contributed by atoms with Crippen LogP contribution in [0.15, 0.2) is 29.8 Å². The van der Waals surface area contributed by atoms with E-state index in [0.29, 0.717) is 22.3 Å². The number of hydrogen-bond donors (Lipinski definition) is 3. The van der Waals surface area contributed by atoms with Gasteiger partial charge in [0.2, 0.25) is 5.95 Å². The lowest BCUT2D eigenvalue weighted by molar-refractivity contribution is -0.286. The van der Waals surface area contributed by atoms with E-state index >= 15 is 0 Å². The van der Waals surface area contributed by atoms with Crippen LogP contribution in [0.2, 0.25) is 5.15 Å². The second kappa shape index (κ2) is 7.88. The van der Waals surface area contributed by atoms with Crippen molar-refractivity contribution >= 4 is 46.3 Å². The van der Waals surface area contributed by atoms with Crippen LogP contribution < -0.4 is 25.4 Å². The Balaban J connectivity index is 1.44. The van der Waals surface area contributed by atoms with E-state index in [0.717, 1.165) is 11.3 Å². The molecule has 0 aliphatic carbocycles. The van der Waals surface area contributed by atoms with E-state index in [1.165, 1.54) is 23.7 Å². The number of nitrogens with one attached hydrogen (secondary N) is 3. The summed E-state index contributed by atoms with van der Waals surface area (Å²) in [6.07, 6.45) is -3.73. The lowest BCUT2D eigenvalue weighted by atomic mass is 10.2. The Morgan fingerprint density at radius 1 is 1.23 bits per heavy atom. The van der Waals surface area contributed by atoms with E-state index in [4.69, 9.17) is 11.6 Å². The van der Waals surface area contributed by atoms with Crippen molar-refractivity contribution in [3.63, 3.8) is 0 Å². The van der Waals surface area contributed by atoms with Crippen LogP contribution >= 0.6 is 22.9 Å². The number of amides is 1. The molecule has 0 spiro atoms. The van der Waals surface area contributed by atoms with Gasteiger partial charge in [0.15, 0.2) is 11.5 Å². The summed E-state index contributed by atoms with van der Waals surface area (Å²) < 4.78 is 35.0. The minimum Gasteiger partial charge on any atom is -0.395 e. The fraction of sp³-hybridized carbons (Fsp3) is 0.176. The molecule has 9 nitrogen and oxygen atoms in total. The Bertz CT molecular complexity index is 1110. The standard InChI is InChI=1S/C17H13ClF2N6O3S/c1-21-16-25-9(5-12(18)26-16)6-22-14-13(30-7-23-14)15(27)24-8-2-3-10-11(4-8)29-17(19,20)28-10/h2-5,7,22H,6H2,1H3,(H,24,27)(H,21,25,26). The Labute approximate surface area is 177 Å². The Morgan fingerprint density at radius 2 is 2.03 bits per heavy atom. The topological polar surface area (TPSA) is 110 Å². The first kappa shape index (κ1) is 20.0. The van der Waals surface area contributed by atoms with Gasteiger partial charge in [0.25, 0.3) is 5.91 Å². The minimum absolute atomic E-state index is 0.109. The zero-order chi connectivity index (χ0) is 21.3. The largest absolute Gasteiger partial charge is 0.586 e. The SMILES string of the molecule is CNc1nc(Cl)cc(CNc2ncsc2C(=O)Nc2ccc3c(c2)OC(F)(F)O3)n1. The third-order valence-corrected chi connectivity index (χ3v) is 4.86. The quantitative estimate of drug-likeness (QED) is 0.482. The van der Waals surface area contributed by atoms with Gasteiger partial charge in [-0.15, -0.1) is 20.1 Å². The van der Waals surface area contributed by atoms with Crippen molar-refractivity contribution in [2.45, 2.75) is 12.8 Å². The van der Waals surface area contributed by atoms with Crippen molar-refractivity contribution in [1.82, 2.24) is 15.0 Å². The maximum absolute atomic E-state index is 13.1. The molecule has 2 aromatic heterocycles. The smallest absolute Gasteiger partial charge is 0.395 e. The Hall–Kier alpha value is -3.25. The zero-order valence-electron chi connectivity index (χ0n) is 15.2. The van der Waals surface area contributed by atoms with E-state index < -0.39 is 12.2 Å². The Morgan fingerprint density at radius 3 is 2.83 bits per heavy atom. The van der Waals surface area contributed by atoms with Crippen LogP contribution in [0.5, 0.6) is 11.5 Å². The van der Waals surface area contributed by atoms with E-state index in [1.54, 1.807) is 13.1 Å². The number of benzene rings is 1. The van der Waals surface area contributed by atoms with Crippen molar-refractivity contribution < 1.29 is 23.0 Å². The summed E-state index contributed by atoms with van der Waals surface area (Å²) in [6.45, 7) is 0.250. The number of anilines is 3. The van der Waals surface area contributed by atoms with Gasteiger partial charge >= 0.3 is 6.29 Å². The highest BCUT2D eigenvalue weighted by Gasteiger charge is 2.43. The van der Waals surface area contributed by atoms with Crippen LogP contribution in [-0.4, -0.2) is 34.2 Å². The highest BCUT2D eigenvalue weighted by Crippen LogP contribution is 2.42. The number of hydrogen-bond acceptors (Lipinski definition) is 9. The molecule has 0 radical (unpaired) electrons. The van der Waals surface area contributed by atoms with Crippen molar-refractivity contribution in [2.24, 2.45) is 0 Å². The van der Waals surface area contributed by atoms with Crippen LogP contribution in [0.1, 0.15) is 15.4 Å². The monoisotopic (exact) mass is 454 g/mol. The van der Waals surface area contributed by atoms with Crippen molar-refractivity contribution in [2.75, 3.05) is 23.0 Å². The number of carbonyl (C=O) groups excluding carboxylic acids is 1. The molecule has 1 aromatic carbocycles. The second-order valence-electron chi connectivity index (χ2n) is 5.92. The molecule has 0 saturated carbocycles. The van der Waals surface area contributed by atoms with Crippen LogP contribution in [0.25, 0.3) is 0 Å². The van der Waals surface area contributed by atoms with Gasteiger partial charge < -0.3 is 25.4 Å². The van der Waals surface area contributed by atoms with Gasteiger partial charge in [0, 0.05) is 18.8 Å². The van der Waals surface area contributed by atoms with Crippen molar-refractivity contribution in [3.8, 4) is 11.5 Å². The summed E-state index contributed by atoms with van der Waals surface area (Å²) in [4.78, 5) is 25.3. The molecule has 3 N–H and O–H groups in total. The molecule has 0 atom stereocenters. The predicted molar refractivity (Wildman–Crippen MR) is 107 cm³/mol. The number of ether oxygens (including phenoxy) is 2. The molecule has 0 unspecified atom stereocenters. The maximum atomic E-state index is 13.1. The van der Waals surface area contributed by atoms with Crippen molar-refractivity contribution in [1.29, 1.82) is 0 Å². The van der Waals surface area contributed by atoms with Gasteiger partial charge in [-0.2, -0.15) is 0 Å². The molecule has 13 heteroatoms. The normalized spacial score (nSPS) is 13.7. The first-order valence-electron chi connectivity index (χ1n) is 8.43. The number of fused-ring (bicyclic) bond motifs is 1. The Kier molecular flexibility index (Phi) is 5.26. The lowest BCUT2D eigenvalue weighted by Gasteiger charge is -2.08. The van der Waals surface area contributed by atoms with Crippen LogP contribution in [-0.2, 0) is 6.54 Å². The molecule has 0 bridgehead atoms. The maximum Gasteiger partial charge on any atom is 0.586 e. The molecule has 30 heavy (non-hydrogen) atoms. The van der Waals surface area contributed by atoms with Gasteiger partial charge in [-0.3, -0.25) is 4.79 Å². The molecular formula is C17H13ClF2N6O3S. The molecule has 3 heterocycles. The number of rotatable bonds is 6. The third kappa shape index (κ3) is 4.33. The molecule has 3 aromatic rings. The zero-order valence-corrected chi connectivity index (χ0v) is 16.8. The van der Waals surface area contributed by atoms with Gasteiger partial charge in [-0.05, 0) is 18.2 Å². The summed E-state index contributed by atoms with van der Waals surface area (Å²) in [5.74, 6) is -0.0410. The fourth-order valence-electron chi connectivity index (χ4n) is 2.59. The number of aromatic nitrogens is 3. The van der Waals surface area contributed by atoms with Gasteiger partial charge in [0.05, 0.1) is 17.7 Å². The predicted octanol–water partition coefficient (Wildman–Crippen LogP) is 3.81. The number of alkyl halides is 2. The summed E-state index contributed by atoms with van der Waals surface area (Å²) in [6, 6.07) is 5.56. The second-order valence-corrected chi connectivity index (χ2v) is 7.16. The summed E-state index contributed by atoms with van der Waals surface area (Å²) in [5, 5.41) is 8.72. The molecule has 0 fully saturated rings. The summed E-state index contributed by atoms with van der Waals surface area (Å²) >= 11 is 7.07. The first-order valence-corrected chi connectivity index (χ1v) is 9.68. The fourth-order valence-corrected chi connectivity index (χ4v) is 3.45. The molecule has 0 saturated heterocycles. The summed E-state index contributed by atoms with van der Waals surface area (Å²) in [7, 11) is 1.67. The van der Waals surface area contributed by atoms with Crippen LogP contribution in [0.4, 0.5) is 26.2 Å². The van der Waals surface area contributed by atoms with E-state index in [-0.39, 0.29) is 28.9 Å². The molecule has 4 rings (SSSR count). The highest BCUT2D eigenvalue weighted by molar-refractivity contribution is 7.12. The van der Waals surface area contributed by atoms with Crippen LogP contribution in [0.3, 0.4) is 0 Å². The average Bonchev–Trinajstić information content (AvgIpc) is 3.28. The van der Waals surface area contributed by atoms with Crippen LogP contribution in [0, 0.1) is 0 Å².